The van der Waals surface area contributed by atoms with Crippen molar-refractivity contribution in [3.05, 3.63) is 70.5 Å². The zero-order valence-corrected chi connectivity index (χ0v) is 10.3. The van der Waals surface area contributed by atoms with Crippen molar-refractivity contribution in [2.75, 3.05) is 0 Å². The molecule has 1 atom stereocenters. The highest BCUT2D eigenvalue weighted by atomic mass is 19.3. The summed E-state index contributed by atoms with van der Waals surface area (Å²) in [6, 6.07) is 9.51. The fourth-order valence-electron chi connectivity index (χ4n) is 1.91. The van der Waals surface area contributed by atoms with E-state index in [1.807, 2.05) is 0 Å². The number of aryl methyl sites for hydroxylation is 1. The molecule has 100 valence electrons. The van der Waals surface area contributed by atoms with Crippen LogP contribution in [0.3, 0.4) is 0 Å². The molecule has 4 heteroatoms. The van der Waals surface area contributed by atoms with Gasteiger partial charge in [0.1, 0.15) is 11.9 Å². The normalized spacial score (nSPS) is 12.7. The van der Waals surface area contributed by atoms with Crippen LogP contribution in [0.2, 0.25) is 0 Å². The number of hydrogen-bond acceptors (Lipinski definition) is 1. The molecule has 1 nitrogen and oxygen atoms in total. The molecule has 2 rings (SSSR count). The average molecular weight is 266 g/mol. The van der Waals surface area contributed by atoms with Gasteiger partial charge in [-0.3, -0.25) is 0 Å². The van der Waals surface area contributed by atoms with Gasteiger partial charge in [-0.05, 0) is 35.7 Å². The number of aliphatic hydroxyl groups excluding tert-OH is 1. The molecule has 1 unspecified atom stereocenters. The third-order valence-corrected chi connectivity index (χ3v) is 3.04. The first-order chi connectivity index (χ1) is 8.99. The number of halogens is 3. The lowest BCUT2D eigenvalue weighted by Crippen LogP contribution is -2.03. The van der Waals surface area contributed by atoms with E-state index in [-0.39, 0.29) is 5.56 Å². The van der Waals surface area contributed by atoms with Gasteiger partial charge in [-0.25, -0.2) is 13.2 Å². The van der Waals surface area contributed by atoms with Gasteiger partial charge < -0.3 is 5.11 Å². The molecule has 0 aliphatic carbocycles. The van der Waals surface area contributed by atoms with Gasteiger partial charge in [0.25, 0.3) is 6.43 Å². The molecule has 0 spiro atoms. The maximum Gasteiger partial charge on any atom is 0.263 e. The summed E-state index contributed by atoms with van der Waals surface area (Å²) in [6.07, 6.45) is -3.57. The molecule has 0 aromatic heterocycles. The zero-order valence-electron chi connectivity index (χ0n) is 10.3. The number of benzene rings is 2. The first kappa shape index (κ1) is 13.6. The van der Waals surface area contributed by atoms with Gasteiger partial charge in [-0.1, -0.05) is 30.3 Å². The largest absolute Gasteiger partial charge is 0.384 e. The Labute approximate surface area is 109 Å². The molecular weight excluding hydrogens is 253 g/mol. The van der Waals surface area contributed by atoms with Gasteiger partial charge in [0.15, 0.2) is 0 Å². The minimum Gasteiger partial charge on any atom is -0.384 e. The van der Waals surface area contributed by atoms with Crippen LogP contribution in [0.25, 0.3) is 0 Å². The van der Waals surface area contributed by atoms with E-state index in [1.54, 1.807) is 13.0 Å². The van der Waals surface area contributed by atoms with Gasteiger partial charge in [-0.15, -0.1) is 0 Å². The highest BCUT2D eigenvalue weighted by molar-refractivity contribution is 5.36. The van der Waals surface area contributed by atoms with Crippen molar-refractivity contribution in [3.63, 3.8) is 0 Å². The fourth-order valence-corrected chi connectivity index (χ4v) is 1.91. The Morgan fingerprint density at radius 3 is 2.11 bits per heavy atom. The standard InChI is InChI=1S/C15H13F3O/c1-9-2-7-12(16)8-13(9)14(19)10-3-5-11(6-4-10)15(17)18/h2-8,14-15,19H,1H3. The summed E-state index contributed by atoms with van der Waals surface area (Å²) in [5.41, 5.74) is 1.53. The smallest absolute Gasteiger partial charge is 0.263 e. The van der Waals surface area contributed by atoms with Crippen molar-refractivity contribution in [1.82, 2.24) is 0 Å². The van der Waals surface area contributed by atoms with E-state index in [2.05, 4.69) is 0 Å². The van der Waals surface area contributed by atoms with Gasteiger partial charge in [0.2, 0.25) is 0 Å². The van der Waals surface area contributed by atoms with E-state index < -0.39 is 18.3 Å². The summed E-state index contributed by atoms with van der Waals surface area (Å²) >= 11 is 0. The summed E-state index contributed by atoms with van der Waals surface area (Å²) < 4.78 is 38.0. The van der Waals surface area contributed by atoms with E-state index in [0.717, 1.165) is 5.56 Å². The lowest BCUT2D eigenvalue weighted by molar-refractivity contribution is 0.151. The van der Waals surface area contributed by atoms with Gasteiger partial charge in [0, 0.05) is 5.56 Å². The fraction of sp³-hybridized carbons (Fsp3) is 0.200. The molecule has 0 aliphatic rings. The molecule has 2 aromatic rings. The predicted molar refractivity (Wildman–Crippen MR) is 66.6 cm³/mol. The van der Waals surface area contributed by atoms with Crippen LogP contribution in [0.5, 0.6) is 0 Å². The van der Waals surface area contributed by atoms with Crippen molar-refractivity contribution in [1.29, 1.82) is 0 Å². The summed E-state index contributed by atoms with van der Waals surface area (Å²) in [5, 5.41) is 10.2. The molecule has 0 amide bonds. The van der Waals surface area contributed by atoms with Gasteiger partial charge in [0.05, 0.1) is 0 Å². The monoisotopic (exact) mass is 266 g/mol. The van der Waals surface area contributed by atoms with Crippen molar-refractivity contribution < 1.29 is 18.3 Å². The van der Waals surface area contributed by atoms with Gasteiger partial charge >= 0.3 is 0 Å². The Bertz CT molecular complexity index is 564. The minimum absolute atomic E-state index is 0.105. The molecule has 19 heavy (non-hydrogen) atoms. The second-order valence-corrected chi connectivity index (χ2v) is 4.37. The minimum atomic E-state index is -2.54. The molecule has 2 aromatic carbocycles. The maximum absolute atomic E-state index is 13.2. The van der Waals surface area contributed by atoms with Crippen molar-refractivity contribution in [3.8, 4) is 0 Å². The molecule has 0 heterocycles. The van der Waals surface area contributed by atoms with Crippen molar-refractivity contribution >= 4 is 0 Å². The topological polar surface area (TPSA) is 20.2 Å². The van der Waals surface area contributed by atoms with Crippen LogP contribution in [-0.4, -0.2) is 5.11 Å². The number of alkyl halides is 2. The first-order valence-corrected chi connectivity index (χ1v) is 5.81. The van der Waals surface area contributed by atoms with Crippen LogP contribution in [0, 0.1) is 12.7 Å². The van der Waals surface area contributed by atoms with Crippen LogP contribution in [0.15, 0.2) is 42.5 Å². The average Bonchev–Trinajstić information content (AvgIpc) is 2.41. The number of hydrogen-bond donors (Lipinski definition) is 1. The van der Waals surface area contributed by atoms with Crippen LogP contribution in [-0.2, 0) is 0 Å². The first-order valence-electron chi connectivity index (χ1n) is 5.81. The van der Waals surface area contributed by atoms with Crippen LogP contribution in [0.1, 0.15) is 34.8 Å². The van der Waals surface area contributed by atoms with E-state index in [4.69, 9.17) is 0 Å². The summed E-state index contributed by atoms with van der Waals surface area (Å²) in [4.78, 5) is 0. The Kier molecular flexibility index (Phi) is 3.90. The summed E-state index contributed by atoms with van der Waals surface area (Å²) in [6.45, 7) is 1.76. The molecule has 0 saturated heterocycles. The Hall–Kier alpha value is -1.81. The molecule has 0 saturated carbocycles. The highest BCUT2D eigenvalue weighted by Gasteiger charge is 2.15. The quantitative estimate of drug-likeness (QED) is 0.884. The molecular formula is C15H13F3O. The molecule has 0 radical (unpaired) electrons. The molecule has 1 N–H and O–H groups in total. The molecule has 0 bridgehead atoms. The lowest BCUT2D eigenvalue weighted by atomic mass is 9.97. The SMILES string of the molecule is Cc1ccc(F)cc1C(O)c1ccc(C(F)F)cc1. The van der Waals surface area contributed by atoms with Crippen LogP contribution < -0.4 is 0 Å². The Morgan fingerprint density at radius 2 is 1.53 bits per heavy atom. The summed E-state index contributed by atoms with van der Waals surface area (Å²) in [7, 11) is 0. The highest BCUT2D eigenvalue weighted by Crippen LogP contribution is 2.27. The van der Waals surface area contributed by atoms with Gasteiger partial charge in [-0.2, -0.15) is 0 Å². The lowest BCUT2D eigenvalue weighted by Gasteiger charge is -2.14. The molecule has 0 fully saturated rings. The van der Waals surface area contributed by atoms with E-state index in [1.165, 1.54) is 36.4 Å². The third kappa shape index (κ3) is 2.96. The van der Waals surface area contributed by atoms with Crippen LogP contribution >= 0.6 is 0 Å². The van der Waals surface area contributed by atoms with E-state index >= 15 is 0 Å². The number of rotatable bonds is 3. The summed E-state index contributed by atoms with van der Waals surface area (Å²) in [5.74, 6) is -0.441. The molecule has 0 aliphatic heterocycles. The maximum atomic E-state index is 13.2. The predicted octanol–water partition coefficient (Wildman–Crippen LogP) is 4.15. The number of aliphatic hydroxyl groups is 1. The Morgan fingerprint density at radius 1 is 0.947 bits per heavy atom. The van der Waals surface area contributed by atoms with Crippen molar-refractivity contribution in [2.45, 2.75) is 19.5 Å². The van der Waals surface area contributed by atoms with Crippen LogP contribution in [0.4, 0.5) is 13.2 Å². The van der Waals surface area contributed by atoms with E-state index in [9.17, 15) is 18.3 Å². The third-order valence-electron chi connectivity index (χ3n) is 3.04. The Balaban J connectivity index is 2.33. The second kappa shape index (κ2) is 5.45. The van der Waals surface area contributed by atoms with Crippen molar-refractivity contribution in [2.24, 2.45) is 0 Å². The zero-order chi connectivity index (χ0) is 14.0. The van der Waals surface area contributed by atoms with E-state index in [0.29, 0.717) is 11.1 Å². The second-order valence-electron chi connectivity index (χ2n) is 4.37.